The number of H-pyrrole nitrogens is 1. The van der Waals surface area contributed by atoms with Gasteiger partial charge in [-0.2, -0.15) is 0 Å². The quantitative estimate of drug-likeness (QED) is 0.301. The van der Waals surface area contributed by atoms with Crippen LogP contribution in [0.25, 0.3) is 43.7 Å². The summed E-state index contributed by atoms with van der Waals surface area (Å²) >= 11 is 6.14. The van der Waals surface area contributed by atoms with Crippen LogP contribution in [0.15, 0.2) is 62.5 Å². The van der Waals surface area contributed by atoms with Crippen LogP contribution in [0.1, 0.15) is 12.8 Å². The van der Waals surface area contributed by atoms with Crippen LogP contribution in [0.3, 0.4) is 0 Å². The zero-order valence-corrected chi connectivity index (χ0v) is 16.8. The van der Waals surface area contributed by atoms with E-state index in [0.29, 0.717) is 48.8 Å². The van der Waals surface area contributed by atoms with Crippen molar-refractivity contribution in [3.8, 4) is 0 Å². The fourth-order valence-electron chi connectivity index (χ4n) is 4.60. The molecular formula is C24H17ClN2O3. The van der Waals surface area contributed by atoms with Crippen molar-refractivity contribution >= 4 is 61.0 Å². The Morgan fingerprint density at radius 3 is 2.30 bits per heavy atom. The van der Waals surface area contributed by atoms with E-state index >= 15 is 0 Å². The van der Waals surface area contributed by atoms with Crippen molar-refractivity contribution in [3.05, 3.63) is 74.0 Å². The molecule has 0 radical (unpaired) electrons. The number of hydrogen-bond donors (Lipinski definition) is 1. The van der Waals surface area contributed by atoms with Crippen molar-refractivity contribution < 1.29 is 4.42 Å². The van der Waals surface area contributed by atoms with Gasteiger partial charge in [-0.05, 0) is 25.0 Å². The summed E-state index contributed by atoms with van der Waals surface area (Å²) in [4.78, 5) is 32.6. The molecule has 6 heteroatoms. The maximum absolute atomic E-state index is 13.6. The Bertz CT molecular complexity index is 1610. The molecule has 5 nitrogen and oxygen atoms in total. The fourth-order valence-corrected chi connectivity index (χ4v) is 4.76. The lowest BCUT2D eigenvalue weighted by molar-refractivity contribution is 0.657. The second kappa shape index (κ2) is 6.34. The Morgan fingerprint density at radius 1 is 0.867 bits per heavy atom. The van der Waals surface area contributed by atoms with E-state index in [9.17, 15) is 9.59 Å². The normalized spacial score (nSPS) is 14.5. The number of nitrogens with one attached hydrogen (secondary N) is 1. The molecule has 0 aliphatic carbocycles. The van der Waals surface area contributed by atoms with Gasteiger partial charge in [0.25, 0.3) is 0 Å². The monoisotopic (exact) mass is 416 g/mol. The van der Waals surface area contributed by atoms with Crippen molar-refractivity contribution in [2.75, 3.05) is 18.0 Å². The van der Waals surface area contributed by atoms with E-state index < -0.39 is 0 Å². The van der Waals surface area contributed by atoms with Gasteiger partial charge < -0.3 is 14.3 Å². The number of anilines is 1. The number of halogens is 1. The van der Waals surface area contributed by atoms with Gasteiger partial charge in [-0.1, -0.05) is 35.9 Å². The van der Waals surface area contributed by atoms with Gasteiger partial charge in [0.1, 0.15) is 0 Å². The lowest BCUT2D eigenvalue weighted by Gasteiger charge is -2.20. The first-order valence-corrected chi connectivity index (χ1v) is 10.4. The fraction of sp³-hybridized carbons (Fsp3) is 0.167. The number of fused-ring (bicyclic) bond motifs is 5. The summed E-state index contributed by atoms with van der Waals surface area (Å²) in [5.41, 5.74) is 2.86. The lowest BCUT2D eigenvalue weighted by Crippen LogP contribution is -2.22. The molecule has 1 fully saturated rings. The predicted molar refractivity (Wildman–Crippen MR) is 122 cm³/mol. The Kier molecular flexibility index (Phi) is 3.71. The Balaban J connectivity index is 1.89. The molecule has 1 aliphatic rings. The van der Waals surface area contributed by atoms with Crippen LogP contribution in [0, 0.1) is 0 Å². The first-order valence-electron chi connectivity index (χ1n) is 10.0. The second-order valence-electron chi connectivity index (χ2n) is 7.78. The Hall–Kier alpha value is -3.31. The van der Waals surface area contributed by atoms with Crippen LogP contribution < -0.4 is 15.8 Å². The number of nitrogens with zero attached hydrogens (tertiary/aromatic N) is 1. The first-order chi connectivity index (χ1) is 14.6. The molecule has 6 rings (SSSR count). The van der Waals surface area contributed by atoms with Crippen molar-refractivity contribution in [2.45, 2.75) is 12.8 Å². The number of aromatic amines is 1. The van der Waals surface area contributed by atoms with Crippen LogP contribution in [-0.4, -0.2) is 18.1 Å². The molecule has 0 bridgehead atoms. The molecule has 0 atom stereocenters. The first kappa shape index (κ1) is 17.5. The molecule has 1 aliphatic heterocycles. The van der Waals surface area contributed by atoms with E-state index in [1.807, 2.05) is 12.1 Å². The average Bonchev–Trinajstić information content (AvgIpc) is 3.30. The van der Waals surface area contributed by atoms with Gasteiger partial charge in [-0.3, -0.25) is 9.59 Å². The predicted octanol–water partition coefficient (Wildman–Crippen LogP) is 5.19. The molecule has 148 valence electrons. The summed E-state index contributed by atoms with van der Waals surface area (Å²) in [6, 6.07) is 14.2. The van der Waals surface area contributed by atoms with Crippen LogP contribution in [0.4, 0.5) is 5.69 Å². The summed E-state index contributed by atoms with van der Waals surface area (Å²) in [7, 11) is 0. The van der Waals surface area contributed by atoms with Gasteiger partial charge >= 0.3 is 0 Å². The third-order valence-corrected chi connectivity index (χ3v) is 6.25. The van der Waals surface area contributed by atoms with E-state index in [4.69, 9.17) is 16.0 Å². The van der Waals surface area contributed by atoms with Gasteiger partial charge in [0.05, 0.1) is 27.5 Å². The van der Waals surface area contributed by atoms with Crippen molar-refractivity contribution in [3.63, 3.8) is 0 Å². The number of aromatic nitrogens is 1. The summed E-state index contributed by atoms with van der Waals surface area (Å²) < 4.78 is 6.16. The zero-order valence-electron chi connectivity index (χ0n) is 16.0. The SMILES string of the molecule is O=c1c2ccccc2c(=O)c2c1c(N1CCCC1)cc1oc3cc(Cl)ccc3[nH]c12. The molecule has 0 unspecified atom stereocenters. The molecular weight excluding hydrogens is 400 g/mol. The molecule has 30 heavy (non-hydrogen) atoms. The maximum atomic E-state index is 13.6. The van der Waals surface area contributed by atoms with Crippen molar-refractivity contribution in [2.24, 2.45) is 0 Å². The minimum atomic E-state index is -0.161. The second-order valence-corrected chi connectivity index (χ2v) is 8.22. The van der Waals surface area contributed by atoms with Crippen LogP contribution in [0.5, 0.6) is 0 Å². The van der Waals surface area contributed by atoms with Crippen molar-refractivity contribution in [1.29, 1.82) is 0 Å². The lowest BCUT2D eigenvalue weighted by atomic mass is 9.99. The molecule has 0 amide bonds. The van der Waals surface area contributed by atoms with E-state index in [-0.39, 0.29) is 10.9 Å². The number of benzene rings is 4. The highest BCUT2D eigenvalue weighted by atomic mass is 35.5. The summed E-state index contributed by atoms with van der Waals surface area (Å²) in [5.74, 6) is 0. The zero-order chi connectivity index (χ0) is 20.4. The molecule has 2 heterocycles. The van der Waals surface area contributed by atoms with E-state index in [0.717, 1.165) is 31.6 Å². The highest BCUT2D eigenvalue weighted by Gasteiger charge is 2.23. The number of rotatable bonds is 1. The Labute approximate surface area is 175 Å². The van der Waals surface area contributed by atoms with Gasteiger partial charge in [-0.25, -0.2) is 0 Å². The molecule has 0 spiro atoms. The largest absolute Gasteiger partial charge is 0.453 e. The molecule has 5 aromatic rings. The van der Waals surface area contributed by atoms with E-state index in [1.165, 1.54) is 0 Å². The van der Waals surface area contributed by atoms with Gasteiger partial charge in [-0.15, -0.1) is 0 Å². The summed E-state index contributed by atoms with van der Waals surface area (Å²) in [6.45, 7) is 1.70. The average molecular weight is 417 g/mol. The minimum absolute atomic E-state index is 0.117. The number of hydrogen-bond acceptors (Lipinski definition) is 4. The topological polar surface area (TPSA) is 66.3 Å². The third-order valence-electron chi connectivity index (χ3n) is 6.01. The molecule has 1 N–H and O–H groups in total. The van der Waals surface area contributed by atoms with E-state index in [2.05, 4.69) is 9.88 Å². The van der Waals surface area contributed by atoms with Crippen LogP contribution >= 0.6 is 11.6 Å². The standard InChI is InChI=1S/C24H17ClN2O3/c25-13-7-8-16-18(11-13)30-19-12-17(27-9-3-4-10-27)20-21(22(19)26-16)24(29)15-6-2-1-5-14(15)23(20)28/h1-2,5-8,11-12,26H,3-4,9-10H2. The highest BCUT2D eigenvalue weighted by molar-refractivity contribution is 6.31. The third kappa shape index (κ3) is 2.42. The molecule has 1 saturated heterocycles. The summed E-state index contributed by atoms with van der Waals surface area (Å²) in [5, 5.41) is 2.31. The highest BCUT2D eigenvalue weighted by Crippen LogP contribution is 2.34. The molecule has 0 saturated carbocycles. The smallest absolute Gasteiger partial charge is 0.196 e. The van der Waals surface area contributed by atoms with Gasteiger partial charge in [0, 0.05) is 41.0 Å². The molecule has 1 aromatic heterocycles. The van der Waals surface area contributed by atoms with Gasteiger partial charge in [0.15, 0.2) is 22.0 Å². The van der Waals surface area contributed by atoms with E-state index in [1.54, 1.807) is 36.4 Å². The van der Waals surface area contributed by atoms with Crippen molar-refractivity contribution in [1.82, 2.24) is 4.98 Å². The van der Waals surface area contributed by atoms with Crippen LogP contribution in [-0.2, 0) is 0 Å². The van der Waals surface area contributed by atoms with Gasteiger partial charge in [0.2, 0.25) is 0 Å². The Morgan fingerprint density at radius 2 is 1.57 bits per heavy atom. The van der Waals surface area contributed by atoms with Crippen LogP contribution in [0.2, 0.25) is 5.02 Å². The summed E-state index contributed by atoms with van der Waals surface area (Å²) in [6.07, 6.45) is 2.12. The maximum Gasteiger partial charge on any atom is 0.196 e. The minimum Gasteiger partial charge on any atom is -0.453 e. The molecule has 4 aromatic carbocycles.